The number of aromatic nitrogens is 6. The third kappa shape index (κ3) is 4.61. The van der Waals surface area contributed by atoms with Gasteiger partial charge in [0.1, 0.15) is 5.82 Å². The Balaban J connectivity index is 1.24. The second-order valence-corrected chi connectivity index (χ2v) is 9.74. The van der Waals surface area contributed by atoms with Gasteiger partial charge < -0.3 is 10.6 Å². The molecule has 192 valence electrons. The first-order chi connectivity index (χ1) is 18.4. The number of primary amides is 1. The first-order valence-corrected chi connectivity index (χ1v) is 12.6. The zero-order valence-electron chi connectivity index (χ0n) is 21.4. The fourth-order valence-corrected chi connectivity index (χ4v) is 4.97. The van der Waals surface area contributed by atoms with E-state index in [9.17, 15) is 4.79 Å². The van der Waals surface area contributed by atoms with Crippen molar-refractivity contribution in [1.29, 1.82) is 0 Å². The summed E-state index contributed by atoms with van der Waals surface area (Å²) in [4.78, 5) is 26.1. The van der Waals surface area contributed by atoms with Gasteiger partial charge in [-0.3, -0.25) is 19.4 Å². The summed E-state index contributed by atoms with van der Waals surface area (Å²) in [7, 11) is 1.88. The van der Waals surface area contributed by atoms with Crippen LogP contribution in [0, 0.1) is 6.92 Å². The van der Waals surface area contributed by atoms with E-state index in [2.05, 4.69) is 37.1 Å². The minimum atomic E-state index is -0.515. The van der Waals surface area contributed by atoms with Crippen LogP contribution in [-0.2, 0) is 13.6 Å². The number of aryl methyl sites for hydroxylation is 2. The Kier molecular flexibility index (Phi) is 6.09. The molecule has 10 nitrogen and oxygen atoms in total. The van der Waals surface area contributed by atoms with Gasteiger partial charge in [0.25, 0.3) is 5.91 Å². The number of rotatable bonds is 6. The number of piperazine rings is 1. The smallest absolute Gasteiger partial charge is 0.252 e. The standard InChI is InChI=1S/C28H29N9O/c1-19-3-4-20(12-30-19)16-35-7-9-36(10-8-35)26-6-5-21(13-31-26)24-11-22(23-14-32-34(2)17-23)18-37-27(24)25(15-33-37)28(29)38/h3-6,11-15,17-18H,7-10,16H2,1-2H3,(H2,29,38). The number of nitrogens with two attached hydrogens (primary N) is 1. The molecule has 1 aliphatic heterocycles. The molecule has 0 unspecified atom stereocenters. The summed E-state index contributed by atoms with van der Waals surface area (Å²) < 4.78 is 3.46. The zero-order valence-corrected chi connectivity index (χ0v) is 21.4. The van der Waals surface area contributed by atoms with Gasteiger partial charge in [0.2, 0.25) is 0 Å². The summed E-state index contributed by atoms with van der Waals surface area (Å²) >= 11 is 0. The predicted octanol–water partition coefficient (Wildman–Crippen LogP) is 2.92. The third-order valence-electron chi connectivity index (χ3n) is 7.05. The second kappa shape index (κ2) is 9.71. The van der Waals surface area contributed by atoms with Gasteiger partial charge in [-0.2, -0.15) is 10.2 Å². The summed E-state index contributed by atoms with van der Waals surface area (Å²) in [6.07, 6.45) is 11.0. The summed E-state index contributed by atoms with van der Waals surface area (Å²) in [6, 6.07) is 10.3. The zero-order chi connectivity index (χ0) is 26.2. The molecule has 5 aromatic rings. The molecular weight excluding hydrogens is 478 g/mol. The van der Waals surface area contributed by atoms with Gasteiger partial charge in [-0.05, 0) is 36.8 Å². The quantitative estimate of drug-likeness (QED) is 0.376. The van der Waals surface area contributed by atoms with Crippen molar-refractivity contribution in [3.8, 4) is 22.3 Å². The minimum Gasteiger partial charge on any atom is -0.365 e. The molecule has 1 saturated heterocycles. The summed E-state index contributed by atoms with van der Waals surface area (Å²) in [6.45, 7) is 6.64. The normalized spacial score (nSPS) is 14.3. The van der Waals surface area contributed by atoms with Gasteiger partial charge in [-0.25, -0.2) is 9.50 Å². The Bertz CT molecular complexity index is 1590. The molecule has 38 heavy (non-hydrogen) atoms. The van der Waals surface area contributed by atoms with Crippen molar-refractivity contribution in [3.63, 3.8) is 0 Å². The number of hydrogen-bond donors (Lipinski definition) is 1. The Labute approximate surface area is 220 Å². The molecule has 0 radical (unpaired) electrons. The summed E-state index contributed by atoms with van der Waals surface area (Å²) in [5.41, 5.74) is 12.6. The fourth-order valence-electron chi connectivity index (χ4n) is 4.97. The molecular formula is C28H29N9O. The van der Waals surface area contributed by atoms with E-state index in [0.717, 1.165) is 66.5 Å². The highest BCUT2D eigenvalue weighted by Gasteiger charge is 2.20. The average molecular weight is 508 g/mol. The molecule has 0 bridgehead atoms. The average Bonchev–Trinajstić information content (AvgIpc) is 3.56. The van der Waals surface area contributed by atoms with Crippen LogP contribution >= 0.6 is 0 Å². The third-order valence-corrected chi connectivity index (χ3v) is 7.05. The molecule has 0 aromatic carbocycles. The number of carbonyl (C=O) groups is 1. The lowest BCUT2D eigenvalue weighted by molar-refractivity contribution is 0.100. The number of pyridine rings is 3. The molecule has 10 heteroatoms. The maximum absolute atomic E-state index is 12.2. The van der Waals surface area contributed by atoms with Crippen LogP contribution in [0.4, 0.5) is 5.82 Å². The Hall–Kier alpha value is -4.57. The maximum atomic E-state index is 12.2. The number of carbonyl (C=O) groups excluding carboxylic acids is 1. The number of amides is 1. The van der Waals surface area contributed by atoms with Gasteiger partial charge in [0.15, 0.2) is 0 Å². The predicted molar refractivity (Wildman–Crippen MR) is 146 cm³/mol. The first kappa shape index (κ1) is 23.8. The van der Waals surface area contributed by atoms with Crippen molar-refractivity contribution in [2.75, 3.05) is 31.1 Å². The van der Waals surface area contributed by atoms with E-state index in [-0.39, 0.29) is 0 Å². The lowest BCUT2D eigenvalue weighted by atomic mass is 10.0. The van der Waals surface area contributed by atoms with E-state index in [4.69, 9.17) is 10.7 Å². The van der Waals surface area contributed by atoms with Gasteiger partial charge in [-0.1, -0.05) is 6.07 Å². The molecule has 1 fully saturated rings. The van der Waals surface area contributed by atoms with Crippen molar-refractivity contribution < 1.29 is 4.79 Å². The number of fused-ring (bicyclic) bond motifs is 1. The maximum Gasteiger partial charge on any atom is 0.252 e. The van der Waals surface area contributed by atoms with Gasteiger partial charge >= 0.3 is 0 Å². The molecule has 0 spiro atoms. The molecule has 6 rings (SSSR count). The van der Waals surface area contributed by atoms with Crippen LogP contribution < -0.4 is 10.6 Å². The highest BCUT2D eigenvalue weighted by atomic mass is 16.1. The highest BCUT2D eigenvalue weighted by Crippen LogP contribution is 2.32. The Morgan fingerprint density at radius 1 is 0.895 bits per heavy atom. The molecule has 1 aliphatic rings. The van der Waals surface area contributed by atoms with Crippen molar-refractivity contribution >= 4 is 17.2 Å². The number of hydrogen-bond acceptors (Lipinski definition) is 7. The molecule has 2 N–H and O–H groups in total. The van der Waals surface area contributed by atoms with E-state index in [1.807, 2.05) is 57.0 Å². The minimum absolute atomic E-state index is 0.377. The van der Waals surface area contributed by atoms with Crippen LogP contribution in [-0.4, -0.2) is 66.3 Å². The monoisotopic (exact) mass is 507 g/mol. The Morgan fingerprint density at radius 3 is 2.39 bits per heavy atom. The Morgan fingerprint density at radius 2 is 1.74 bits per heavy atom. The molecule has 5 aromatic heterocycles. The van der Waals surface area contributed by atoms with Crippen LogP contribution in [0.15, 0.2) is 67.5 Å². The number of anilines is 1. The van der Waals surface area contributed by atoms with Gasteiger partial charge in [0.05, 0.1) is 23.5 Å². The lowest BCUT2D eigenvalue weighted by Crippen LogP contribution is -2.46. The van der Waals surface area contributed by atoms with Crippen LogP contribution in [0.3, 0.4) is 0 Å². The first-order valence-electron chi connectivity index (χ1n) is 12.6. The van der Waals surface area contributed by atoms with E-state index >= 15 is 0 Å². The van der Waals surface area contributed by atoms with Crippen LogP contribution in [0.1, 0.15) is 21.6 Å². The lowest BCUT2D eigenvalue weighted by Gasteiger charge is -2.35. The van der Waals surface area contributed by atoms with Gasteiger partial charge in [-0.15, -0.1) is 0 Å². The second-order valence-electron chi connectivity index (χ2n) is 9.74. The molecule has 0 saturated carbocycles. The highest BCUT2D eigenvalue weighted by molar-refractivity contribution is 6.04. The van der Waals surface area contributed by atoms with E-state index in [1.54, 1.807) is 15.4 Å². The van der Waals surface area contributed by atoms with Crippen molar-refractivity contribution in [3.05, 3.63) is 84.3 Å². The topological polar surface area (TPSA) is 110 Å². The fraction of sp³-hybridized carbons (Fsp3) is 0.250. The van der Waals surface area contributed by atoms with E-state index in [0.29, 0.717) is 11.1 Å². The molecule has 6 heterocycles. The largest absolute Gasteiger partial charge is 0.365 e. The number of nitrogens with zero attached hydrogens (tertiary/aromatic N) is 8. The van der Waals surface area contributed by atoms with Crippen molar-refractivity contribution in [1.82, 2.24) is 34.3 Å². The van der Waals surface area contributed by atoms with Crippen molar-refractivity contribution in [2.24, 2.45) is 12.8 Å². The summed E-state index contributed by atoms with van der Waals surface area (Å²) in [5.74, 6) is 0.424. The molecule has 0 atom stereocenters. The van der Waals surface area contributed by atoms with E-state index in [1.165, 1.54) is 11.8 Å². The van der Waals surface area contributed by atoms with Crippen molar-refractivity contribution in [2.45, 2.75) is 13.5 Å². The summed E-state index contributed by atoms with van der Waals surface area (Å²) in [5, 5.41) is 8.70. The van der Waals surface area contributed by atoms with Crippen LogP contribution in [0.25, 0.3) is 27.8 Å². The van der Waals surface area contributed by atoms with Crippen LogP contribution in [0.5, 0.6) is 0 Å². The molecule has 1 amide bonds. The SMILES string of the molecule is Cc1ccc(CN2CCN(c3ccc(-c4cc(-c5cnn(C)c5)cn5ncc(C(N)=O)c45)cn3)CC2)cn1. The van der Waals surface area contributed by atoms with E-state index < -0.39 is 5.91 Å². The van der Waals surface area contributed by atoms with Crippen LogP contribution in [0.2, 0.25) is 0 Å². The molecule has 0 aliphatic carbocycles. The van der Waals surface area contributed by atoms with Gasteiger partial charge in [0, 0.05) is 92.5 Å².